The molecule has 0 radical (unpaired) electrons. The van der Waals surface area contributed by atoms with Crippen LogP contribution in [0.3, 0.4) is 0 Å². The van der Waals surface area contributed by atoms with Gasteiger partial charge in [0.25, 0.3) is 5.91 Å². The highest BCUT2D eigenvalue weighted by molar-refractivity contribution is 6.04. The van der Waals surface area contributed by atoms with E-state index in [1.807, 2.05) is 4.90 Å². The summed E-state index contributed by atoms with van der Waals surface area (Å²) >= 11 is 0. The lowest BCUT2D eigenvalue weighted by Crippen LogP contribution is -2.41. The van der Waals surface area contributed by atoms with E-state index >= 15 is 0 Å². The molecule has 1 fully saturated rings. The first kappa shape index (κ1) is 19.5. The molecule has 0 aliphatic carbocycles. The van der Waals surface area contributed by atoms with Gasteiger partial charge in [-0.3, -0.25) is 14.6 Å². The van der Waals surface area contributed by atoms with Crippen LogP contribution in [0, 0.1) is 5.92 Å². The van der Waals surface area contributed by atoms with Crippen molar-refractivity contribution in [2.75, 3.05) is 28.6 Å². The average Bonchev–Trinajstić information content (AvgIpc) is 2.80. The Kier molecular flexibility index (Phi) is 5.93. The van der Waals surface area contributed by atoms with Gasteiger partial charge in [-0.1, -0.05) is 6.07 Å². The minimum Gasteiger partial charge on any atom is -0.340 e. The van der Waals surface area contributed by atoms with Gasteiger partial charge in [0.05, 0.1) is 5.92 Å². The zero-order valence-corrected chi connectivity index (χ0v) is 16.4. The van der Waals surface area contributed by atoms with Crippen LogP contribution in [0.5, 0.6) is 0 Å². The van der Waals surface area contributed by atoms with Crippen molar-refractivity contribution < 1.29 is 9.59 Å². The molecule has 8 heteroatoms. The number of hydrogen-bond acceptors (Lipinski definition) is 6. The monoisotopic (exact) mass is 402 g/mol. The van der Waals surface area contributed by atoms with Crippen LogP contribution in [-0.4, -0.2) is 39.9 Å². The summed E-state index contributed by atoms with van der Waals surface area (Å²) in [4.78, 5) is 39.7. The molecule has 8 nitrogen and oxygen atoms in total. The number of rotatable bonds is 5. The number of anilines is 3. The van der Waals surface area contributed by atoms with E-state index in [-0.39, 0.29) is 17.7 Å². The van der Waals surface area contributed by atoms with E-state index < -0.39 is 0 Å². The Hall–Kier alpha value is -3.81. The van der Waals surface area contributed by atoms with Gasteiger partial charge >= 0.3 is 0 Å². The maximum atomic E-state index is 12.8. The summed E-state index contributed by atoms with van der Waals surface area (Å²) in [5, 5.41) is 5.81. The van der Waals surface area contributed by atoms with Crippen molar-refractivity contribution in [3.63, 3.8) is 0 Å². The number of piperidine rings is 1. The van der Waals surface area contributed by atoms with Crippen LogP contribution in [-0.2, 0) is 4.79 Å². The molecule has 1 unspecified atom stereocenters. The fourth-order valence-electron chi connectivity index (χ4n) is 3.45. The van der Waals surface area contributed by atoms with Gasteiger partial charge in [-0.15, -0.1) is 0 Å². The third-order valence-corrected chi connectivity index (χ3v) is 4.96. The maximum absolute atomic E-state index is 12.8. The molecule has 1 aromatic carbocycles. The molecular formula is C22H22N6O2. The Bertz CT molecular complexity index is 1010. The van der Waals surface area contributed by atoms with Crippen LogP contribution >= 0.6 is 0 Å². The summed E-state index contributed by atoms with van der Waals surface area (Å²) in [6, 6.07) is 12.2. The molecule has 1 atom stereocenters. The zero-order valence-electron chi connectivity index (χ0n) is 16.4. The number of nitrogens with zero attached hydrogens (tertiary/aromatic N) is 4. The molecule has 30 heavy (non-hydrogen) atoms. The fourth-order valence-corrected chi connectivity index (χ4v) is 3.45. The Balaban J connectivity index is 1.38. The summed E-state index contributed by atoms with van der Waals surface area (Å²) < 4.78 is 0. The van der Waals surface area contributed by atoms with Crippen molar-refractivity contribution in [3.05, 3.63) is 72.8 Å². The normalized spacial score (nSPS) is 16.0. The lowest BCUT2D eigenvalue weighted by atomic mass is 9.97. The van der Waals surface area contributed by atoms with E-state index in [0.717, 1.165) is 19.4 Å². The first-order valence-electron chi connectivity index (χ1n) is 9.83. The summed E-state index contributed by atoms with van der Waals surface area (Å²) in [6.07, 6.45) is 8.26. The minimum atomic E-state index is -0.230. The molecule has 4 rings (SSSR count). The largest absolute Gasteiger partial charge is 0.340 e. The van der Waals surface area contributed by atoms with Crippen molar-refractivity contribution in [3.8, 4) is 0 Å². The Morgan fingerprint density at radius 2 is 1.67 bits per heavy atom. The van der Waals surface area contributed by atoms with E-state index in [1.54, 1.807) is 67.3 Å². The van der Waals surface area contributed by atoms with Gasteiger partial charge in [0, 0.05) is 54.8 Å². The number of pyridine rings is 1. The van der Waals surface area contributed by atoms with E-state index in [4.69, 9.17) is 0 Å². The van der Waals surface area contributed by atoms with Gasteiger partial charge in [-0.05, 0) is 49.2 Å². The van der Waals surface area contributed by atoms with Gasteiger partial charge in [0.2, 0.25) is 11.9 Å². The SMILES string of the molecule is O=C(Nc1cccc(NC(=O)C2CCCN(c3ncccn3)C2)c1)c1ccncc1. The van der Waals surface area contributed by atoms with Gasteiger partial charge in [0.15, 0.2) is 0 Å². The number of carbonyl (C=O) groups is 2. The second-order valence-electron chi connectivity index (χ2n) is 7.09. The van der Waals surface area contributed by atoms with E-state index in [2.05, 4.69) is 25.6 Å². The highest BCUT2D eigenvalue weighted by Crippen LogP contribution is 2.22. The molecule has 1 saturated heterocycles. The number of aromatic nitrogens is 3. The van der Waals surface area contributed by atoms with Gasteiger partial charge in [-0.25, -0.2) is 9.97 Å². The zero-order chi connectivity index (χ0) is 20.8. The highest BCUT2D eigenvalue weighted by Gasteiger charge is 2.27. The smallest absolute Gasteiger partial charge is 0.255 e. The van der Waals surface area contributed by atoms with Crippen LogP contribution in [0.4, 0.5) is 17.3 Å². The minimum absolute atomic E-state index is 0.0479. The molecule has 1 aliphatic heterocycles. The number of carbonyl (C=O) groups excluding carboxylic acids is 2. The second-order valence-corrected chi connectivity index (χ2v) is 7.09. The molecule has 3 aromatic rings. The molecule has 152 valence electrons. The average molecular weight is 402 g/mol. The number of nitrogens with one attached hydrogen (secondary N) is 2. The van der Waals surface area contributed by atoms with E-state index in [1.165, 1.54) is 0 Å². The van der Waals surface area contributed by atoms with E-state index in [0.29, 0.717) is 29.4 Å². The Morgan fingerprint density at radius 1 is 0.933 bits per heavy atom. The third-order valence-electron chi connectivity index (χ3n) is 4.96. The molecule has 0 bridgehead atoms. The molecule has 0 spiro atoms. The van der Waals surface area contributed by atoms with Crippen LogP contribution in [0.15, 0.2) is 67.3 Å². The highest BCUT2D eigenvalue weighted by atomic mass is 16.2. The van der Waals surface area contributed by atoms with Crippen LogP contribution in [0.1, 0.15) is 23.2 Å². The quantitative estimate of drug-likeness (QED) is 0.681. The standard InChI is InChI=1S/C22H22N6O2/c29-20(16-7-11-23-12-8-16)26-18-5-1-6-19(14-18)27-21(30)17-4-2-13-28(15-17)22-24-9-3-10-25-22/h1,3,5-12,14,17H,2,4,13,15H2,(H,26,29)(H,27,30). The van der Waals surface area contributed by atoms with Crippen molar-refractivity contribution in [1.82, 2.24) is 15.0 Å². The predicted octanol–water partition coefficient (Wildman–Crippen LogP) is 2.98. The second kappa shape index (κ2) is 9.13. The lowest BCUT2D eigenvalue weighted by molar-refractivity contribution is -0.120. The summed E-state index contributed by atoms with van der Waals surface area (Å²) in [5.41, 5.74) is 1.77. The lowest BCUT2D eigenvalue weighted by Gasteiger charge is -2.31. The first-order valence-corrected chi connectivity index (χ1v) is 9.83. The molecule has 2 N–H and O–H groups in total. The van der Waals surface area contributed by atoms with Crippen molar-refractivity contribution in [1.29, 1.82) is 0 Å². The van der Waals surface area contributed by atoms with Gasteiger partial charge < -0.3 is 15.5 Å². The Morgan fingerprint density at radius 3 is 2.43 bits per heavy atom. The topological polar surface area (TPSA) is 100 Å². The number of benzene rings is 1. The van der Waals surface area contributed by atoms with Crippen molar-refractivity contribution >= 4 is 29.1 Å². The summed E-state index contributed by atoms with van der Waals surface area (Å²) in [6.45, 7) is 1.42. The number of amides is 2. The van der Waals surface area contributed by atoms with Crippen molar-refractivity contribution in [2.24, 2.45) is 5.92 Å². The van der Waals surface area contributed by atoms with Crippen LogP contribution in [0.2, 0.25) is 0 Å². The Labute approximate surface area is 174 Å². The molecule has 3 heterocycles. The maximum Gasteiger partial charge on any atom is 0.255 e. The van der Waals surface area contributed by atoms with Gasteiger partial charge in [-0.2, -0.15) is 0 Å². The van der Waals surface area contributed by atoms with Crippen LogP contribution in [0.25, 0.3) is 0 Å². The molecule has 1 aliphatic rings. The molecule has 2 amide bonds. The number of hydrogen-bond donors (Lipinski definition) is 2. The fraction of sp³-hybridized carbons (Fsp3) is 0.227. The molecule has 0 saturated carbocycles. The van der Waals surface area contributed by atoms with E-state index in [9.17, 15) is 9.59 Å². The van der Waals surface area contributed by atoms with Crippen molar-refractivity contribution in [2.45, 2.75) is 12.8 Å². The molecular weight excluding hydrogens is 380 g/mol. The van der Waals surface area contributed by atoms with Gasteiger partial charge in [0.1, 0.15) is 0 Å². The predicted molar refractivity (Wildman–Crippen MR) is 114 cm³/mol. The summed E-state index contributed by atoms with van der Waals surface area (Å²) in [7, 11) is 0. The summed E-state index contributed by atoms with van der Waals surface area (Å²) in [5.74, 6) is 0.216. The first-order chi connectivity index (χ1) is 14.7. The van der Waals surface area contributed by atoms with Crippen LogP contribution < -0.4 is 15.5 Å². The molecule has 2 aromatic heterocycles. The third kappa shape index (κ3) is 4.78.